The number of thiocarbonyl (C=S) groups is 1. The van der Waals surface area contributed by atoms with Gasteiger partial charge in [0.2, 0.25) is 0 Å². The highest BCUT2D eigenvalue weighted by molar-refractivity contribution is 8.26. The van der Waals surface area contributed by atoms with Gasteiger partial charge in [0.25, 0.3) is 5.91 Å². The Labute approximate surface area is 156 Å². The van der Waals surface area contributed by atoms with Crippen molar-refractivity contribution in [2.75, 3.05) is 18.1 Å². The Hall–Kier alpha value is -1.64. The van der Waals surface area contributed by atoms with Crippen LogP contribution in [0.4, 0.5) is 0 Å². The van der Waals surface area contributed by atoms with Crippen LogP contribution in [-0.2, 0) is 14.6 Å². The van der Waals surface area contributed by atoms with Gasteiger partial charge >= 0.3 is 0 Å². The fraction of sp³-hybridized carbons (Fsp3) is 0.294. The van der Waals surface area contributed by atoms with Crippen molar-refractivity contribution in [2.45, 2.75) is 12.5 Å². The Morgan fingerprint density at radius 3 is 2.68 bits per heavy atom. The molecule has 132 valence electrons. The van der Waals surface area contributed by atoms with Gasteiger partial charge in [-0.2, -0.15) is 0 Å². The van der Waals surface area contributed by atoms with Gasteiger partial charge in [-0.1, -0.05) is 48.8 Å². The molecule has 5 nitrogen and oxygen atoms in total. The summed E-state index contributed by atoms with van der Waals surface area (Å²) in [4.78, 5) is 14.6. The molecule has 1 aromatic carbocycles. The predicted molar refractivity (Wildman–Crippen MR) is 104 cm³/mol. The molecule has 0 bridgehead atoms. The zero-order chi connectivity index (χ0) is 18.0. The van der Waals surface area contributed by atoms with E-state index in [4.69, 9.17) is 17.0 Å². The second kappa shape index (κ2) is 7.31. The molecule has 2 heterocycles. The topological polar surface area (TPSA) is 63.7 Å². The molecule has 0 N–H and O–H groups in total. The minimum Gasteiger partial charge on any atom is -0.490 e. The van der Waals surface area contributed by atoms with Gasteiger partial charge in [-0.05, 0) is 30.2 Å². The van der Waals surface area contributed by atoms with Crippen LogP contribution in [0.15, 0.2) is 41.8 Å². The van der Waals surface area contributed by atoms with Gasteiger partial charge < -0.3 is 4.74 Å². The number of carbonyl (C=O) groups is 1. The summed E-state index contributed by atoms with van der Waals surface area (Å²) in [6.07, 6.45) is 3.87. The summed E-state index contributed by atoms with van der Waals surface area (Å²) in [5.41, 5.74) is 0.852. The van der Waals surface area contributed by atoms with Crippen LogP contribution in [0.2, 0.25) is 0 Å². The summed E-state index contributed by atoms with van der Waals surface area (Å²) in [5.74, 6) is 0.604. The first-order chi connectivity index (χ1) is 11.9. The zero-order valence-electron chi connectivity index (χ0n) is 13.4. The van der Waals surface area contributed by atoms with Crippen LogP contribution in [0.3, 0.4) is 0 Å². The Morgan fingerprint density at radius 2 is 2.08 bits per heavy atom. The van der Waals surface area contributed by atoms with Gasteiger partial charge in [0.1, 0.15) is 16.7 Å². The van der Waals surface area contributed by atoms with E-state index in [1.54, 1.807) is 12.2 Å². The fourth-order valence-corrected chi connectivity index (χ4v) is 5.84. The van der Waals surface area contributed by atoms with Gasteiger partial charge in [0.15, 0.2) is 9.84 Å². The first kappa shape index (κ1) is 18.2. The number of hydrogen-bond donors (Lipinski definition) is 0. The minimum atomic E-state index is -3.07. The SMILES string of the molecule is C=CCOc1ccc(/C=C2\SC(=S)N([C@H]3CCS(=O)(=O)C3)C2=O)cc1. The third kappa shape index (κ3) is 4.13. The normalized spacial score (nSPS) is 24.1. The lowest BCUT2D eigenvalue weighted by Gasteiger charge is -2.20. The first-order valence-electron chi connectivity index (χ1n) is 7.71. The Balaban J connectivity index is 1.75. The standard InChI is InChI=1S/C17H17NO4S3/c1-2-8-22-14-5-3-12(4-6-14)10-15-16(19)18(17(23)24-15)13-7-9-25(20,21)11-13/h2-6,10,13H,1,7-9,11H2/b15-10-/t13-/m0/s1. The van der Waals surface area contributed by atoms with Crippen molar-refractivity contribution in [2.24, 2.45) is 0 Å². The highest BCUT2D eigenvalue weighted by Crippen LogP contribution is 2.36. The van der Waals surface area contributed by atoms with E-state index in [1.165, 1.54) is 16.7 Å². The van der Waals surface area contributed by atoms with Crippen molar-refractivity contribution in [3.05, 3.63) is 47.4 Å². The Bertz CT molecular complexity index is 843. The van der Waals surface area contributed by atoms with Crippen LogP contribution >= 0.6 is 24.0 Å². The molecule has 0 spiro atoms. The van der Waals surface area contributed by atoms with Crippen molar-refractivity contribution in [3.8, 4) is 5.75 Å². The summed E-state index contributed by atoms with van der Waals surface area (Å²) in [7, 11) is -3.07. The molecule has 2 aliphatic rings. The molecule has 0 aliphatic carbocycles. The molecule has 25 heavy (non-hydrogen) atoms. The van der Waals surface area contributed by atoms with Crippen LogP contribution < -0.4 is 4.74 Å². The van der Waals surface area contributed by atoms with Crippen molar-refractivity contribution >= 4 is 50.1 Å². The molecule has 1 aromatic rings. The van der Waals surface area contributed by atoms with Crippen LogP contribution in [-0.4, -0.2) is 47.7 Å². The molecule has 1 amide bonds. The summed E-state index contributed by atoms with van der Waals surface area (Å²) >= 11 is 6.51. The lowest BCUT2D eigenvalue weighted by Crippen LogP contribution is -2.39. The lowest BCUT2D eigenvalue weighted by atomic mass is 10.2. The van der Waals surface area contributed by atoms with E-state index >= 15 is 0 Å². The first-order valence-corrected chi connectivity index (χ1v) is 10.8. The van der Waals surface area contributed by atoms with E-state index in [-0.39, 0.29) is 23.5 Å². The second-order valence-corrected chi connectivity index (χ2v) is 9.68. The average Bonchev–Trinajstić information content (AvgIpc) is 3.05. The molecule has 3 rings (SSSR count). The summed E-state index contributed by atoms with van der Waals surface area (Å²) in [5, 5.41) is 0. The largest absolute Gasteiger partial charge is 0.490 e. The highest BCUT2D eigenvalue weighted by Gasteiger charge is 2.42. The van der Waals surface area contributed by atoms with Crippen molar-refractivity contribution in [1.82, 2.24) is 4.90 Å². The van der Waals surface area contributed by atoms with E-state index in [0.29, 0.717) is 22.3 Å². The Morgan fingerprint density at radius 1 is 1.36 bits per heavy atom. The molecule has 1 atom stereocenters. The number of thioether (sulfide) groups is 1. The molecule has 2 aliphatic heterocycles. The van der Waals surface area contributed by atoms with Gasteiger partial charge in [-0.25, -0.2) is 8.42 Å². The molecule has 0 saturated carbocycles. The van der Waals surface area contributed by atoms with Crippen LogP contribution in [0.25, 0.3) is 6.08 Å². The molecular formula is C17H17NO4S3. The monoisotopic (exact) mass is 395 g/mol. The maximum absolute atomic E-state index is 12.6. The van der Waals surface area contributed by atoms with Gasteiger partial charge in [-0.3, -0.25) is 9.69 Å². The number of sulfone groups is 1. The second-order valence-electron chi connectivity index (χ2n) is 5.78. The lowest BCUT2D eigenvalue weighted by molar-refractivity contribution is -0.123. The van der Waals surface area contributed by atoms with Gasteiger partial charge in [-0.15, -0.1) is 0 Å². The molecule has 2 fully saturated rings. The third-order valence-electron chi connectivity index (χ3n) is 3.94. The van der Waals surface area contributed by atoms with Crippen molar-refractivity contribution in [3.63, 3.8) is 0 Å². The van der Waals surface area contributed by atoms with Gasteiger partial charge in [0.05, 0.1) is 22.5 Å². The number of amides is 1. The van der Waals surface area contributed by atoms with Crippen LogP contribution in [0.1, 0.15) is 12.0 Å². The number of rotatable bonds is 5. The Kier molecular flexibility index (Phi) is 5.31. The number of benzene rings is 1. The van der Waals surface area contributed by atoms with Crippen molar-refractivity contribution < 1.29 is 17.9 Å². The molecule has 0 unspecified atom stereocenters. The molecular weight excluding hydrogens is 378 g/mol. The molecule has 8 heteroatoms. The molecule has 0 radical (unpaired) electrons. The van der Waals surface area contributed by atoms with E-state index in [2.05, 4.69) is 6.58 Å². The van der Waals surface area contributed by atoms with E-state index in [1.807, 2.05) is 24.3 Å². The maximum Gasteiger partial charge on any atom is 0.266 e. The summed E-state index contributed by atoms with van der Waals surface area (Å²) in [6.45, 7) is 4.03. The highest BCUT2D eigenvalue weighted by atomic mass is 32.2. The summed E-state index contributed by atoms with van der Waals surface area (Å²) in [6, 6.07) is 6.99. The predicted octanol–water partition coefficient (Wildman–Crippen LogP) is 2.64. The molecule has 0 aromatic heterocycles. The van der Waals surface area contributed by atoms with Gasteiger partial charge in [0, 0.05) is 0 Å². The molecule has 2 saturated heterocycles. The maximum atomic E-state index is 12.6. The fourth-order valence-electron chi connectivity index (χ4n) is 2.74. The van der Waals surface area contributed by atoms with Crippen molar-refractivity contribution in [1.29, 1.82) is 0 Å². The minimum absolute atomic E-state index is 0.0118. The number of hydrogen-bond acceptors (Lipinski definition) is 6. The smallest absolute Gasteiger partial charge is 0.266 e. The number of nitrogens with zero attached hydrogens (tertiary/aromatic N) is 1. The number of carbonyl (C=O) groups excluding carboxylic acids is 1. The van der Waals surface area contributed by atoms with E-state index in [0.717, 1.165) is 11.3 Å². The van der Waals surface area contributed by atoms with E-state index < -0.39 is 9.84 Å². The number of ether oxygens (including phenoxy) is 1. The van der Waals surface area contributed by atoms with Crippen LogP contribution in [0.5, 0.6) is 5.75 Å². The quantitative estimate of drug-likeness (QED) is 0.434. The van der Waals surface area contributed by atoms with E-state index in [9.17, 15) is 13.2 Å². The third-order valence-corrected chi connectivity index (χ3v) is 7.02. The summed E-state index contributed by atoms with van der Waals surface area (Å²) < 4.78 is 29.2. The average molecular weight is 396 g/mol. The van der Waals surface area contributed by atoms with Crippen LogP contribution in [0, 0.1) is 0 Å². The zero-order valence-corrected chi connectivity index (χ0v) is 15.8.